The number of anilines is 2. The monoisotopic (exact) mass is 356 g/mol. The molecule has 3 rings (SSSR count). The van der Waals surface area contributed by atoms with Crippen molar-refractivity contribution >= 4 is 23.2 Å². The summed E-state index contributed by atoms with van der Waals surface area (Å²) < 4.78 is 5.36. The van der Waals surface area contributed by atoms with Crippen molar-refractivity contribution in [2.24, 2.45) is 0 Å². The van der Waals surface area contributed by atoms with Crippen molar-refractivity contribution in [1.29, 1.82) is 0 Å². The predicted octanol–water partition coefficient (Wildman–Crippen LogP) is 3.08. The second kappa shape index (κ2) is 7.29. The zero-order valence-electron chi connectivity index (χ0n) is 15.3. The van der Waals surface area contributed by atoms with E-state index in [1.807, 2.05) is 20.8 Å². The van der Waals surface area contributed by atoms with Gasteiger partial charge in [-0.3, -0.25) is 14.7 Å². The molecule has 3 N–H and O–H groups in total. The van der Waals surface area contributed by atoms with Gasteiger partial charge >= 0.3 is 0 Å². The molecular formula is C19H24N4O3. The van der Waals surface area contributed by atoms with Gasteiger partial charge in [-0.2, -0.15) is 5.10 Å². The van der Waals surface area contributed by atoms with E-state index < -0.39 is 0 Å². The van der Waals surface area contributed by atoms with Crippen molar-refractivity contribution in [2.45, 2.75) is 45.1 Å². The maximum Gasteiger partial charge on any atom is 0.276 e. The van der Waals surface area contributed by atoms with Crippen LogP contribution < -0.4 is 10.6 Å². The number of hydrogen-bond donors (Lipinski definition) is 3. The Morgan fingerprint density at radius 2 is 1.81 bits per heavy atom. The topological polar surface area (TPSA) is 96.1 Å². The summed E-state index contributed by atoms with van der Waals surface area (Å²) in [6.07, 6.45) is 1.29. The summed E-state index contributed by atoms with van der Waals surface area (Å²) in [6, 6.07) is 8.72. The van der Waals surface area contributed by atoms with Gasteiger partial charge in [0.2, 0.25) is 0 Å². The number of aromatic nitrogens is 2. The smallest absolute Gasteiger partial charge is 0.276 e. The van der Waals surface area contributed by atoms with E-state index in [0.29, 0.717) is 23.7 Å². The van der Waals surface area contributed by atoms with Gasteiger partial charge in [-0.25, -0.2) is 0 Å². The molecule has 0 spiro atoms. The van der Waals surface area contributed by atoms with Crippen LogP contribution >= 0.6 is 0 Å². The number of nitrogens with zero attached hydrogens (tertiary/aromatic N) is 1. The fourth-order valence-corrected chi connectivity index (χ4v) is 2.66. The van der Waals surface area contributed by atoms with E-state index in [1.165, 1.54) is 0 Å². The molecule has 26 heavy (non-hydrogen) atoms. The van der Waals surface area contributed by atoms with Gasteiger partial charge in [0.05, 0.1) is 0 Å². The number of benzene rings is 1. The molecule has 0 saturated carbocycles. The average molecular weight is 356 g/mol. The zero-order valence-corrected chi connectivity index (χ0v) is 15.3. The lowest BCUT2D eigenvalue weighted by Gasteiger charge is -2.14. The summed E-state index contributed by atoms with van der Waals surface area (Å²) in [5.41, 5.74) is 2.43. The van der Waals surface area contributed by atoms with E-state index in [9.17, 15) is 9.59 Å². The summed E-state index contributed by atoms with van der Waals surface area (Å²) in [4.78, 5) is 24.3. The average Bonchev–Trinajstić information content (AvgIpc) is 3.28. The molecule has 1 aromatic carbocycles. The second-order valence-electron chi connectivity index (χ2n) is 7.44. The lowest BCUT2D eigenvalue weighted by Crippen LogP contribution is -2.26. The third kappa shape index (κ3) is 4.29. The first kappa shape index (κ1) is 18.1. The molecule has 1 aliphatic heterocycles. The zero-order chi connectivity index (χ0) is 18.7. The number of hydrogen-bond acceptors (Lipinski definition) is 4. The maximum absolute atomic E-state index is 12.3. The molecule has 0 radical (unpaired) electrons. The maximum atomic E-state index is 12.3. The lowest BCUT2D eigenvalue weighted by atomic mass is 9.92. The second-order valence-corrected chi connectivity index (χ2v) is 7.44. The highest BCUT2D eigenvalue weighted by Gasteiger charge is 2.23. The molecule has 0 bridgehead atoms. The number of carbonyl (C=O) groups is 2. The molecule has 1 aliphatic rings. The molecule has 1 unspecified atom stereocenters. The first-order valence-corrected chi connectivity index (χ1v) is 8.73. The van der Waals surface area contributed by atoms with E-state index >= 15 is 0 Å². The molecule has 0 aliphatic carbocycles. The molecule has 2 amide bonds. The third-order valence-electron chi connectivity index (χ3n) is 4.25. The Kier molecular flexibility index (Phi) is 5.08. The van der Waals surface area contributed by atoms with Gasteiger partial charge in [-0.1, -0.05) is 20.8 Å². The molecule has 1 fully saturated rings. The molecule has 1 saturated heterocycles. The predicted molar refractivity (Wildman–Crippen MR) is 99.3 cm³/mol. The van der Waals surface area contributed by atoms with Gasteiger partial charge in [0.25, 0.3) is 11.8 Å². The fraction of sp³-hybridized carbons (Fsp3) is 0.421. The van der Waals surface area contributed by atoms with Gasteiger partial charge in [0, 0.05) is 29.1 Å². The van der Waals surface area contributed by atoms with Crippen molar-refractivity contribution in [1.82, 2.24) is 10.2 Å². The van der Waals surface area contributed by atoms with Crippen LogP contribution in [0.2, 0.25) is 0 Å². The van der Waals surface area contributed by atoms with Crippen LogP contribution in [0, 0.1) is 0 Å². The van der Waals surface area contributed by atoms with Crippen LogP contribution in [0.15, 0.2) is 30.3 Å². The standard InChI is InChI=1S/C19H24N4O3/c1-19(2,3)16-11-14(22-23-16)17(24)20-12-6-8-13(9-7-12)21-18(25)15-5-4-10-26-15/h6-9,11,15H,4-5,10H2,1-3H3,(H,20,24)(H,21,25)(H,22,23). The number of amides is 2. The highest BCUT2D eigenvalue weighted by molar-refractivity contribution is 6.03. The van der Waals surface area contributed by atoms with Gasteiger partial charge in [-0.05, 0) is 43.2 Å². The number of carbonyl (C=O) groups excluding carboxylic acids is 2. The van der Waals surface area contributed by atoms with Crippen molar-refractivity contribution < 1.29 is 14.3 Å². The van der Waals surface area contributed by atoms with Crippen LogP contribution in [0.1, 0.15) is 49.8 Å². The van der Waals surface area contributed by atoms with Gasteiger partial charge < -0.3 is 15.4 Å². The normalized spacial score (nSPS) is 17.1. The molecule has 7 heteroatoms. The summed E-state index contributed by atoms with van der Waals surface area (Å²) >= 11 is 0. The molecule has 138 valence electrons. The van der Waals surface area contributed by atoms with Crippen molar-refractivity contribution in [2.75, 3.05) is 17.2 Å². The highest BCUT2D eigenvalue weighted by Crippen LogP contribution is 2.21. The Hall–Kier alpha value is -2.67. The largest absolute Gasteiger partial charge is 0.368 e. The minimum Gasteiger partial charge on any atom is -0.368 e. The Labute approximate surface area is 152 Å². The minimum atomic E-state index is -0.369. The Bertz CT molecular complexity index is 784. The molecule has 7 nitrogen and oxygen atoms in total. The van der Waals surface area contributed by atoms with Crippen LogP contribution in [0.25, 0.3) is 0 Å². The van der Waals surface area contributed by atoms with E-state index in [4.69, 9.17) is 4.74 Å². The van der Waals surface area contributed by atoms with E-state index in [1.54, 1.807) is 30.3 Å². The van der Waals surface area contributed by atoms with Gasteiger partial charge in [0.1, 0.15) is 6.10 Å². The first-order valence-electron chi connectivity index (χ1n) is 8.73. The van der Waals surface area contributed by atoms with Crippen molar-refractivity contribution in [3.8, 4) is 0 Å². The number of aromatic amines is 1. The fourth-order valence-electron chi connectivity index (χ4n) is 2.66. The van der Waals surface area contributed by atoms with Gasteiger partial charge in [0.15, 0.2) is 5.69 Å². The first-order chi connectivity index (χ1) is 12.3. The highest BCUT2D eigenvalue weighted by atomic mass is 16.5. The van der Waals surface area contributed by atoms with E-state index in [0.717, 1.165) is 18.5 Å². The van der Waals surface area contributed by atoms with Gasteiger partial charge in [-0.15, -0.1) is 0 Å². The summed E-state index contributed by atoms with van der Waals surface area (Å²) in [7, 11) is 0. The van der Waals surface area contributed by atoms with Crippen LogP contribution in [-0.4, -0.2) is 34.7 Å². The molecule has 1 atom stereocenters. The quantitative estimate of drug-likeness (QED) is 0.784. The summed E-state index contributed by atoms with van der Waals surface area (Å²) in [5, 5.41) is 12.6. The molecule has 2 aromatic rings. The SMILES string of the molecule is CC(C)(C)c1cc(C(=O)Nc2ccc(NC(=O)C3CCCO3)cc2)n[nH]1. The lowest BCUT2D eigenvalue weighted by molar-refractivity contribution is -0.124. The van der Waals surface area contributed by atoms with E-state index in [2.05, 4.69) is 20.8 Å². The number of ether oxygens (including phenoxy) is 1. The number of nitrogens with one attached hydrogen (secondary N) is 3. The van der Waals surface area contributed by atoms with Crippen LogP contribution in [-0.2, 0) is 14.9 Å². The summed E-state index contributed by atoms with van der Waals surface area (Å²) in [5.74, 6) is -0.418. The number of rotatable bonds is 4. The van der Waals surface area contributed by atoms with Crippen LogP contribution in [0.4, 0.5) is 11.4 Å². The molecular weight excluding hydrogens is 332 g/mol. The van der Waals surface area contributed by atoms with Crippen molar-refractivity contribution in [3.63, 3.8) is 0 Å². The Morgan fingerprint density at radius 3 is 2.35 bits per heavy atom. The van der Waals surface area contributed by atoms with Crippen LogP contribution in [0.3, 0.4) is 0 Å². The minimum absolute atomic E-state index is 0.103. The van der Waals surface area contributed by atoms with Crippen molar-refractivity contribution in [3.05, 3.63) is 41.7 Å². The Balaban J connectivity index is 1.59. The van der Waals surface area contributed by atoms with Crippen LogP contribution in [0.5, 0.6) is 0 Å². The Morgan fingerprint density at radius 1 is 1.15 bits per heavy atom. The summed E-state index contributed by atoms with van der Waals surface area (Å²) in [6.45, 7) is 6.77. The molecule has 2 heterocycles. The number of H-pyrrole nitrogens is 1. The third-order valence-corrected chi connectivity index (χ3v) is 4.25. The molecule has 1 aromatic heterocycles. The van der Waals surface area contributed by atoms with E-state index in [-0.39, 0.29) is 23.3 Å².